The zero-order valence-corrected chi connectivity index (χ0v) is 13.1. The molecule has 3 N–H and O–H groups in total. The Hall–Kier alpha value is -2.74. The fourth-order valence-corrected chi connectivity index (χ4v) is 2.98. The maximum Gasteiger partial charge on any atom is 0.315 e. The van der Waals surface area contributed by atoms with Gasteiger partial charge >= 0.3 is 5.97 Å². The maximum absolute atomic E-state index is 12.4. The van der Waals surface area contributed by atoms with Crippen LogP contribution in [-0.4, -0.2) is 28.0 Å². The van der Waals surface area contributed by atoms with Crippen LogP contribution in [-0.2, 0) is 9.53 Å². The van der Waals surface area contributed by atoms with Crippen molar-refractivity contribution in [3.8, 4) is 0 Å². The van der Waals surface area contributed by atoms with E-state index in [4.69, 9.17) is 17.0 Å². The summed E-state index contributed by atoms with van der Waals surface area (Å²) in [5.74, 6) is -1.47. The van der Waals surface area contributed by atoms with Crippen LogP contribution in [0.3, 0.4) is 0 Å². The maximum atomic E-state index is 12.4. The third kappa shape index (κ3) is 2.57. The lowest BCUT2D eigenvalue weighted by molar-refractivity contribution is -0.144. The molecule has 1 aliphatic heterocycles. The van der Waals surface area contributed by atoms with Crippen molar-refractivity contribution in [3.63, 3.8) is 0 Å². The molecule has 0 radical (unpaired) electrons. The standard InChI is InChI=1S/C15H14N4O3S/c1-7-9(14(21)22-2)10(8-5-3-4-6-16-8)11-12(17-7)18-15(23)19-13(11)20/h3-6,9-10H,1H2,2H3,(H3,17,18,19,20,23)/t9-,10-/m1/s1. The zero-order valence-electron chi connectivity index (χ0n) is 12.3. The van der Waals surface area contributed by atoms with Gasteiger partial charge in [0.15, 0.2) is 4.77 Å². The first kappa shape index (κ1) is 15.2. The van der Waals surface area contributed by atoms with Gasteiger partial charge in [-0.15, -0.1) is 0 Å². The predicted octanol–water partition coefficient (Wildman–Crippen LogP) is 1.69. The average Bonchev–Trinajstić information content (AvgIpc) is 2.53. The van der Waals surface area contributed by atoms with Crippen LogP contribution < -0.4 is 10.9 Å². The number of H-pyrrole nitrogens is 2. The highest BCUT2D eigenvalue weighted by Crippen LogP contribution is 2.40. The van der Waals surface area contributed by atoms with Crippen LogP contribution in [0.15, 0.2) is 41.5 Å². The summed E-state index contributed by atoms with van der Waals surface area (Å²) in [6.07, 6.45) is 1.60. The molecule has 2 atom stereocenters. The number of nitrogens with one attached hydrogen (secondary N) is 3. The van der Waals surface area contributed by atoms with E-state index in [1.165, 1.54) is 7.11 Å². The molecular weight excluding hydrogens is 316 g/mol. The third-order valence-corrected chi connectivity index (χ3v) is 3.95. The van der Waals surface area contributed by atoms with Crippen LogP contribution in [0.25, 0.3) is 0 Å². The van der Waals surface area contributed by atoms with Crippen molar-refractivity contribution in [2.45, 2.75) is 5.92 Å². The summed E-state index contributed by atoms with van der Waals surface area (Å²) in [5.41, 5.74) is 0.951. The quantitative estimate of drug-likeness (QED) is 0.572. The van der Waals surface area contributed by atoms with E-state index in [0.29, 0.717) is 22.8 Å². The van der Waals surface area contributed by atoms with Crippen LogP contribution in [0, 0.1) is 10.7 Å². The van der Waals surface area contributed by atoms with Gasteiger partial charge in [0.05, 0.1) is 18.6 Å². The fraction of sp³-hybridized carbons (Fsp3) is 0.200. The number of ether oxygens (including phenoxy) is 1. The van der Waals surface area contributed by atoms with Crippen molar-refractivity contribution < 1.29 is 9.53 Å². The van der Waals surface area contributed by atoms with Crippen molar-refractivity contribution in [1.82, 2.24) is 15.0 Å². The number of aromatic amines is 2. The van der Waals surface area contributed by atoms with E-state index < -0.39 is 17.8 Å². The summed E-state index contributed by atoms with van der Waals surface area (Å²) in [7, 11) is 1.29. The number of nitrogens with zero attached hydrogens (tertiary/aromatic N) is 1. The monoisotopic (exact) mass is 330 g/mol. The smallest absolute Gasteiger partial charge is 0.315 e. The van der Waals surface area contributed by atoms with Gasteiger partial charge in [-0.2, -0.15) is 0 Å². The van der Waals surface area contributed by atoms with Gasteiger partial charge < -0.3 is 15.0 Å². The Kier molecular flexibility index (Phi) is 3.83. The highest BCUT2D eigenvalue weighted by Gasteiger charge is 2.41. The molecular formula is C15H14N4O3S. The first-order chi connectivity index (χ1) is 11.0. The lowest BCUT2D eigenvalue weighted by Gasteiger charge is -2.32. The number of hydrogen-bond acceptors (Lipinski definition) is 6. The highest BCUT2D eigenvalue weighted by molar-refractivity contribution is 7.71. The largest absolute Gasteiger partial charge is 0.468 e. The molecule has 0 fully saturated rings. The fourth-order valence-electron chi connectivity index (χ4n) is 2.78. The number of esters is 1. The number of carbonyl (C=O) groups excluding carboxylic acids is 1. The van der Waals surface area contributed by atoms with Crippen LogP contribution in [0.2, 0.25) is 0 Å². The molecule has 0 saturated heterocycles. The minimum Gasteiger partial charge on any atom is -0.468 e. The van der Waals surface area contributed by atoms with Crippen molar-refractivity contribution in [2.75, 3.05) is 12.4 Å². The van der Waals surface area contributed by atoms with Crippen molar-refractivity contribution >= 4 is 24.0 Å². The highest BCUT2D eigenvalue weighted by atomic mass is 32.1. The molecule has 7 nitrogen and oxygen atoms in total. The van der Waals surface area contributed by atoms with Crippen molar-refractivity contribution in [2.24, 2.45) is 5.92 Å². The van der Waals surface area contributed by atoms with E-state index in [9.17, 15) is 9.59 Å². The predicted molar refractivity (Wildman–Crippen MR) is 86.6 cm³/mol. The molecule has 8 heteroatoms. The van der Waals surface area contributed by atoms with Crippen molar-refractivity contribution in [3.05, 3.63) is 63.1 Å². The molecule has 2 aromatic rings. The third-order valence-electron chi connectivity index (χ3n) is 3.75. The minimum absolute atomic E-state index is 0.185. The van der Waals surface area contributed by atoms with Gasteiger partial charge in [0.25, 0.3) is 5.56 Å². The number of methoxy groups -OCH3 is 1. The molecule has 1 aliphatic rings. The number of rotatable bonds is 2. The Morgan fingerprint density at radius 3 is 2.83 bits per heavy atom. The molecule has 3 rings (SSSR count). The molecule has 118 valence electrons. The Morgan fingerprint density at radius 2 is 2.17 bits per heavy atom. The minimum atomic E-state index is -0.770. The Balaban J connectivity index is 2.29. The van der Waals surface area contributed by atoms with E-state index in [2.05, 4.69) is 26.8 Å². The summed E-state index contributed by atoms with van der Waals surface area (Å²) in [6, 6.07) is 5.31. The molecule has 0 aromatic carbocycles. The van der Waals surface area contributed by atoms with Crippen LogP contribution >= 0.6 is 12.2 Å². The van der Waals surface area contributed by atoms with Gasteiger partial charge in [-0.3, -0.25) is 19.6 Å². The topological polar surface area (TPSA) is 99.9 Å². The summed E-state index contributed by atoms with van der Waals surface area (Å²) in [4.78, 5) is 34.4. The molecule has 2 aromatic heterocycles. The molecule has 0 amide bonds. The van der Waals surface area contributed by atoms with E-state index in [0.717, 1.165) is 0 Å². The normalized spacial score (nSPS) is 19.6. The average molecular weight is 330 g/mol. The first-order valence-electron chi connectivity index (χ1n) is 6.84. The summed E-state index contributed by atoms with van der Waals surface area (Å²) in [6.45, 7) is 3.89. The molecule has 0 aliphatic carbocycles. The summed E-state index contributed by atoms with van der Waals surface area (Å²) in [5, 5.41) is 2.94. The second-order valence-electron chi connectivity index (χ2n) is 5.08. The number of pyridine rings is 1. The van der Waals surface area contributed by atoms with E-state index in [-0.39, 0.29) is 10.3 Å². The summed E-state index contributed by atoms with van der Waals surface area (Å²) < 4.78 is 5.07. The van der Waals surface area contributed by atoms with Gasteiger partial charge in [-0.25, -0.2) is 0 Å². The number of hydrogen-bond donors (Lipinski definition) is 3. The molecule has 0 bridgehead atoms. The molecule has 23 heavy (non-hydrogen) atoms. The number of aromatic nitrogens is 3. The van der Waals surface area contributed by atoms with Gasteiger partial charge in [0.2, 0.25) is 0 Å². The summed E-state index contributed by atoms with van der Waals surface area (Å²) >= 11 is 4.99. The molecule has 0 spiro atoms. The van der Waals surface area contributed by atoms with Crippen LogP contribution in [0.5, 0.6) is 0 Å². The molecule has 3 heterocycles. The van der Waals surface area contributed by atoms with Gasteiger partial charge in [-0.1, -0.05) is 12.6 Å². The molecule has 0 unspecified atom stereocenters. The Labute approximate surface area is 136 Å². The number of fused-ring (bicyclic) bond motifs is 1. The van der Waals surface area contributed by atoms with Gasteiger partial charge in [-0.05, 0) is 24.4 Å². The van der Waals surface area contributed by atoms with Crippen LogP contribution in [0.1, 0.15) is 17.2 Å². The first-order valence-corrected chi connectivity index (χ1v) is 7.25. The zero-order chi connectivity index (χ0) is 16.6. The second-order valence-corrected chi connectivity index (χ2v) is 5.49. The number of anilines is 1. The lowest BCUT2D eigenvalue weighted by atomic mass is 9.79. The van der Waals surface area contributed by atoms with Crippen LogP contribution in [0.4, 0.5) is 5.82 Å². The SMILES string of the molecule is C=C1Nc2[nH]c(=S)[nH]c(=O)c2[C@H](c2ccccn2)[C@@H]1C(=O)OC. The number of carbonyl (C=O) groups is 1. The Bertz CT molecular complexity index is 888. The lowest BCUT2D eigenvalue weighted by Crippen LogP contribution is -2.37. The second kappa shape index (κ2) is 5.81. The molecule has 0 saturated carbocycles. The van der Waals surface area contributed by atoms with E-state index in [1.54, 1.807) is 24.4 Å². The van der Waals surface area contributed by atoms with Crippen molar-refractivity contribution in [1.29, 1.82) is 0 Å². The Morgan fingerprint density at radius 1 is 1.39 bits per heavy atom. The van der Waals surface area contributed by atoms with Gasteiger partial charge in [0.1, 0.15) is 11.7 Å². The van der Waals surface area contributed by atoms with E-state index >= 15 is 0 Å². The van der Waals surface area contributed by atoms with E-state index in [1.807, 2.05) is 0 Å². The van der Waals surface area contributed by atoms with Gasteiger partial charge in [0, 0.05) is 17.6 Å².